The second-order valence-corrected chi connectivity index (χ2v) is 11.1. The van der Waals surface area contributed by atoms with Crippen molar-refractivity contribution in [3.63, 3.8) is 0 Å². The van der Waals surface area contributed by atoms with Gasteiger partial charge in [0.2, 0.25) is 11.8 Å². The molecule has 0 saturated heterocycles. The molecule has 0 spiro atoms. The third kappa shape index (κ3) is 5.35. The number of rotatable bonds is 6. The largest absolute Gasteiger partial charge is 0.352 e. The van der Waals surface area contributed by atoms with E-state index in [9.17, 15) is 18.4 Å². The van der Waals surface area contributed by atoms with E-state index >= 15 is 0 Å². The van der Waals surface area contributed by atoms with Gasteiger partial charge in [0.25, 0.3) is 5.91 Å². The molecule has 2 saturated carbocycles. The zero-order valence-electron chi connectivity index (χ0n) is 16.8. The number of alkyl halides is 4. The van der Waals surface area contributed by atoms with Crippen LogP contribution in [-0.2, 0) is 4.79 Å². The minimum absolute atomic E-state index is 0.109. The summed E-state index contributed by atoms with van der Waals surface area (Å²) in [7, 11) is 0. The molecule has 0 aromatic heterocycles. The lowest BCUT2D eigenvalue weighted by Crippen LogP contribution is -2.42. The zero-order valence-corrected chi connectivity index (χ0v) is 20.6. The van der Waals surface area contributed by atoms with Gasteiger partial charge in [0.05, 0.1) is 16.5 Å². The van der Waals surface area contributed by atoms with E-state index in [1.54, 1.807) is 18.2 Å². The molecular formula is C22H17Cl5F2N2O2. The molecule has 2 atom stereocenters. The molecule has 11 heteroatoms. The molecule has 0 bridgehead atoms. The first-order valence-corrected chi connectivity index (χ1v) is 11.9. The lowest BCUT2D eigenvalue weighted by Gasteiger charge is -2.34. The van der Waals surface area contributed by atoms with Crippen molar-refractivity contribution in [1.82, 2.24) is 5.32 Å². The molecule has 0 unspecified atom stereocenters. The second-order valence-electron chi connectivity index (χ2n) is 8.36. The van der Waals surface area contributed by atoms with Crippen LogP contribution in [0.25, 0.3) is 0 Å². The maximum Gasteiger partial charge on any atom is 0.252 e. The van der Waals surface area contributed by atoms with Gasteiger partial charge in [-0.1, -0.05) is 34.8 Å². The summed E-state index contributed by atoms with van der Waals surface area (Å²) in [6.45, 7) is 0.119. The quantitative estimate of drug-likeness (QED) is 0.379. The van der Waals surface area contributed by atoms with Crippen molar-refractivity contribution in [3.8, 4) is 0 Å². The number of halogens is 7. The van der Waals surface area contributed by atoms with Gasteiger partial charge in [0.15, 0.2) is 0 Å². The van der Waals surface area contributed by atoms with E-state index in [0.29, 0.717) is 21.3 Å². The van der Waals surface area contributed by atoms with Gasteiger partial charge in [-0.25, -0.2) is 8.78 Å². The molecule has 4 nitrogen and oxygen atoms in total. The molecule has 0 heterocycles. The highest BCUT2D eigenvalue weighted by Gasteiger charge is 2.67. The number of benzene rings is 2. The van der Waals surface area contributed by atoms with Crippen molar-refractivity contribution in [2.75, 3.05) is 11.9 Å². The lowest BCUT2D eigenvalue weighted by atomic mass is 9.81. The van der Waals surface area contributed by atoms with Crippen LogP contribution in [0.5, 0.6) is 0 Å². The fourth-order valence-corrected chi connectivity index (χ4v) is 5.66. The first-order chi connectivity index (χ1) is 15.4. The third-order valence-electron chi connectivity index (χ3n) is 5.78. The number of anilines is 1. The Morgan fingerprint density at radius 2 is 1.64 bits per heavy atom. The average Bonchev–Trinajstić information content (AvgIpc) is 3.27. The molecule has 2 aromatic rings. The summed E-state index contributed by atoms with van der Waals surface area (Å²) >= 11 is 31.0. The molecule has 4 rings (SSSR count). The Morgan fingerprint density at radius 3 is 2.24 bits per heavy atom. The Kier molecular flexibility index (Phi) is 6.80. The summed E-state index contributed by atoms with van der Waals surface area (Å²) in [5.41, 5.74) is 1.05. The molecule has 2 aliphatic rings. The van der Waals surface area contributed by atoms with Crippen LogP contribution < -0.4 is 10.6 Å². The van der Waals surface area contributed by atoms with Crippen LogP contribution in [0, 0.1) is 11.8 Å². The SMILES string of the molecule is O=C(NCC1CC(F)(F)C1)c1cc(NC(=O)[C@@H]2[C@@H](c3cc(Cl)cc(Cl)c3)C2(Cl)Cl)ccc1Cl. The van der Waals surface area contributed by atoms with Gasteiger partial charge >= 0.3 is 0 Å². The Morgan fingerprint density at radius 1 is 1.00 bits per heavy atom. The number of hydrogen-bond donors (Lipinski definition) is 2. The zero-order chi connectivity index (χ0) is 24.1. The first kappa shape index (κ1) is 24.8. The maximum atomic E-state index is 13.0. The van der Waals surface area contributed by atoms with Crippen molar-refractivity contribution in [2.24, 2.45) is 11.8 Å². The lowest BCUT2D eigenvalue weighted by molar-refractivity contribution is -0.117. The molecule has 2 aromatic carbocycles. The van der Waals surface area contributed by atoms with Crippen LogP contribution in [0.4, 0.5) is 14.5 Å². The molecule has 0 aliphatic heterocycles. The van der Waals surface area contributed by atoms with Gasteiger partial charge in [-0.05, 0) is 47.9 Å². The number of carbonyl (C=O) groups excluding carboxylic acids is 2. The highest BCUT2D eigenvalue weighted by molar-refractivity contribution is 6.53. The Labute approximate surface area is 213 Å². The number of nitrogens with one attached hydrogen (secondary N) is 2. The van der Waals surface area contributed by atoms with Crippen LogP contribution in [-0.4, -0.2) is 28.6 Å². The molecule has 2 aliphatic carbocycles. The predicted octanol–water partition coefficient (Wildman–Crippen LogP) is 6.95. The Hall–Kier alpha value is -1.31. The highest BCUT2D eigenvalue weighted by atomic mass is 35.5. The number of carbonyl (C=O) groups is 2. The minimum atomic E-state index is -2.66. The van der Waals surface area contributed by atoms with E-state index < -0.39 is 33.9 Å². The average molecular weight is 557 g/mol. The van der Waals surface area contributed by atoms with E-state index in [2.05, 4.69) is 10.6 Å². The van der Waals surface area contributed by atoms with Crippen molar-refractivity contribution >= 4 is 75.5 Å². The Balaban J connectivity index is 1.42. The van der Waals surface area contributed by atoms with E-state index in [1.807, 2.05) is 0 Å². The summed E-state index contributed by atoms with van der Waals surface area (Å²) in [6, 6.07) is 9.25. The van der Waals surface area contributed by atoms with Crippen LogP contribution in [0.1, 0.15) is 34.7 Å². The molecule has 2 N–H and O–H groups in total. The van der Waals surface area contributed by atoms with Gasteiger partial charge in [-0.2, -0.15) is 0 Å². The molecule has 0 radical (unpaired) electrons. The standard InChI is InChI=1S/C22H17Cl5F2N2O2/c23-12-3-11(4-13(24)5-12)17-18(22(17,26)27)20(33)31-14-1-2-16(25)15(6-14)19(32)30-9-10-7-21(28,29)8-10/h1-6,10,17-18H,7-9H2,(H,30,32)(H,31,33)/t17-,18+/m1/s1. The van der Waals surface area contributed by atoms with Gasteiger partial charge in [0, 0.05) is 41.0 Å². The molecule has 2 fully saturated rings. The second kappa shape index (κ2) is 9.04. The van der Waals surface area contributed by atoms with Gasteiger partial charge in [-0.3, -0.25) is 9.59 Å². The molecular weight excluding hydrogens is 540 g/mol. The fourth-order valence-electron chi connectivity index (χ4n) is 4.08. The van der Waals surface area contributed by atoms with Crippen LogP contribution in [0.3, 0.4) is 0 Å². The summed E-state index contributed by atoms with van der Waals surface area (Å²) in [6.07, 6.45) is -0.508. The maximum absolute atomic E-state index is 13.0. The third-order valence-corrected chi connectivity index (χ3v) is 7.49. The highest BCUT2D eigenvalue weighted by Crippen LogP contribution is 2.65. The predicted molar refractivity (Wildman–Crippen MR) is 127 cm³/mol. The van der Waals surface area contributed by atoms with Crippen molar-refractivity contribution in [3.05, 3.63) is 62.6 Å². The molecule has 2 amide bonds. The summed E-state index contributed by atoms with van der Waals surface area (Å²) in [5.74, 6) is -5.21. The van der Waals surface area contributed by atoms with E-state index in [1.165, 1.54) is 18.2 Å². The van der Waals surface area contributed by atoms with Crippen molar-refractivity contribution in [2.45, 2.75) is 29.0 Å². The summed E-state index contributed by atoms with van der Waals surface area (Å²) in [5, 5.41) is 6.26. The first-order valence-electron chi connectivity index (χ1n) is 9.97. The van der Waals surface area contributed by atoms with Gasteiger partial charge in [-0.15, -0.1) is 23.2 Å². The van der Waals surface area contributed by atoms with Crippen molar-refractivity contribution < 1.29 is 18.4 Å². The van der Waals surface area contributed by atoms with Crippen LogP contribution in [0.2, 0.25) is 15.1 Å². The minimum Gasteiger partial charge on any atom is -0.352 e. The summed E-state index contributed by atoms with van der Waals surface area (Å²) < 4.78 is 24.6. The fraction of sp³-hybridized carbons (Fsp3) is 0.364. The van der Waals surface area contributed by atoms with E-state index in [0.717, 1.165) is 0 Å². The monoisotopic (exact) mass is 554 g/mol. The summed E-state index contributed by atoms with van der Waals surface area (Å²) in [4.78, 5) is 25.4. The van der Waals surface area contributed by atoms with E-state index in [4.69, 9.17) is 58.0 Å². The van der Waals surface area contributed by atoms with Crippen molar-refractivity contribution in [1.29, 1.82) is 0 Å². The number of amides is 2. The van der Waals surface area contributed by atoms with Gasteiger partial charge in [0.1, 0.15) is 4.33 Å². The van der Waals surface area contributed by atoms with Gasteiger partial charge < -0.3 is 10.6 Å². The number of hydrogen-bond acceptors (Lipinski definition) is 2. The molecule has 176 valence electrons. The normalized spacial score (nSPS) is 22.9. The van der Waals surface area contributed by atoms with Crippen LogP contribution in [0.15, 0.2) is 36.4 Å². The molecule has 33 heavy (non-hydrogen) atoms. The Bertz CT molecular complexity index is 1100. The van der Waals surface area contributed by atoms with Crippen LogP contribution >= 0.6 is 58.0 Å². The smallest absolute Gasteiger partial charge is 0.252 e. The topological polar surface area (TPSA) is 58.2 Å². The van der Waals surface area contributed by atoms with E-state index in [-0.39, 0.29) is 35.9 Å².